The molecule has 1 fully saturated rings. The number of rotatable bonds is 4. The number of nitrogens with one attached hydrogen (secondary N) is 1. The number of carboxylic acid groups (broad SMARTS) is 1. The standard InChI is InChI=1S/C21H27BrN4O3S/c1-12-7-13(9-14(8-12)26(20(28)29)21(2,3)4)15-5-6-23-10-16(15)24-18(27)17-11-30-19(22)25-17/h5-6,10-14H,7-9H2,1-4H3,(H,24,27)(H,28,29)/t12-,13+,14?/m0/s1. The lowest BCUT2D eigenvalue weighted by Gasteiger charge is -2.45. The molecule has 0 aliphatic heterocycles. The second kappa shape index (κ2) is 9.01. The first-order valence-electron chi connectivity index (χ1n) is 9.94. The fourth-order valence-corrected chi connectivity index (χ4v) is 5.42. The number of pyridine rings is 1. The van der Waals surface area contributed by atoms with Gasteiger partial charge >= 0.3 is 6.09 Å². The molecule has 2 amide bonds. The maximum atomic E-state index is 12.6. The van der Waals surface area contributed by atoms with E-state index in [0.717, 1.165) is 18.4 Å². The van der Waals surface area contributed by atoms with Crippen molar-refractivity contribution in [3.63, 3.8) is 0 Å². The molecule has 1 unspecified atom stereocenters. The van der Waals surface area contributed by atoms with Gasteiger partial charge in [-0.15, -0.1) is 11.3 Å². The zero-order valence-electron chi connectivity index (χ0n) is 17.6. The van der Waals surface area contributed by atoms with E-state index in [1.54, 1.807) is 22.7 Å². The van der Waals surface area contributed by atoms with Crippen LogP contribution in [-0.4, -0.2) is 43.6 Å². The zero-order valence-corrected chi connectivity index (χ0v) is 20.0. The van der Waals surface area contributed by atoms with E-state index in [1.165, 1.54) is 11.3 Å². The Kier molecular flexibility index (Phi) is 6.81. The fraction of sp³-hybridized carbons (Fsp3) is 0.524. The minimum Gasteiger partial charge on any atom is -0.465 e. The molecule has 2 aromatic rings. The lowest BCUT2D eigenvalue weighted by atomic mass is 9.75. The summed E-state index contributed by atoms with van der Waals surface area (Å²) >= 11 is 4.63. The highest BCUT2D eigenvalue weighted by atomic mass is 79.9. The molecular weight excluding hydrogens is 468 g/mol. The summed E-state index contributed by atoms with van der Waals surface area (Å²) in [5.41, 5.74) is 1.51. The molecule has 0 aromatic carbocycles. The van der Waals surface area contributed by atoms with Crippen molar-refractivity contribution in [2.45, 2.75) is 64.5 Å². The Bertz CT molecular complexity index is 927. The van der Waals surface area contributed by atoms with Crippen molar-refractivity contribution in [1.82, 2.24) is 14.9 Å². The largest absolute Gasteiger partial charge is 0.465 e. The molecule has 1 aliphatic carbocycles. The number of carbonyl (C=O) groups excluding carboxylic acids is 1. The molecule has 0 bridgehead atoms. The van der Waals surface area contributed by atoms with Gasteiger partial charge in [-0.25, -0.2) is 9.78 Å². The normalized spacial score (nSPS) is 21.8. The lowest BCUT2D eigenvalue weighted by Crippen LogP contribution is -2.53. The highest BCUT2D eigenvalue weighted by Crippen LogP contribution is 2.42. The first kappa shape index (κ1) is 22.7. The summed E-state index contributed by atoms with van der Waals surface area (Å²) in [6, 6.07) is 1.84. The van der Waals surface area contributed by atoms with E-state index in [-0.39, 0.29) is 17.9 Å². The topological polar surface area (TPSA) is 95.4 Å². The SMILES string of the molecule is C[C@@H]1CC(N(C(=O)O)C(C)(C)C)C[C@H](c2ccncc2NC(=O)c2csc(Br)n2)C1. The van der Waals surface area contributed by atoms with E-state index in [4.69, 9.17) is 0 Å². The molecule has 9 heteroatoms. The van der Waals surface area contributed by atoms with Crippen LogP contribution in [0.1, 0.15) is 68.9 Å². The van der Waals surface area contributed by atoms with Gasteiger partial charge in [-0.2, -0.15) is 0 Å². The number of anilines is 1. The van der Waals surface area contributed by atoms with Crippen LogP contribution in [0.2, 0.25) is 0 Å². The van der Waals surface area contributed by atoms with Gasteiger partial charge in [0.1, 0.15) is 5.69 Å². The van der Waals surface area contributed by atoms with Gasteiger partial charge in [0.25, 0.3) is 5.91 Å². The summed E-state index contributed by atoms with van der Waals surface area (Å²) in [5, 5.41) is 14.5. The molecule has 0 radical (unpaired) electrons. The molecule has 0 spiro atoms. The number of hydrogen-bond acceptors (Lipinski definition) is 5. The second-order valence-corrected chi connectivity index (χ2v) is 11.0. The van der Waals surface area contributed by atoms with Gasteiger partial charge in [-0.1, -0.05) is 6.92 Å². The van der Waals surface area contributed by atoms with Crippen LogP contribution in [0, 0.1) is 5.92 Å². The second-order valence-electron chi connectivity index (χ2n) is 8.89. The third-order valence-electron chi connectivity index (χ3n) is 5.46. The molecule has 3 atom stereocenters. The maximum absolute atomic E-state index is 12.6. The molecule has 30 heavy (non-hydrogen) atoms. The molecule has 1 saturated carbocycles. The quantitative estimate of drug-likeness (QED) is 0.576. The van der Waals surface area contributed by atoms with Crippen LogP contribution in [0.3, 0.4) is 0 Å². The molecule has 1 aliphatic rings. The predicted molar refractivity (Wildman–Crippen MR) is 121 cm³/mol. The van der Waals surface area contributed by atoms with Crippen LogP contribution in [-0.2, 0) is 0 Å². The van der Waals surface area contributed by atoms with E-state index in [1.807, 2.05) is 26.8 Å². The van der Waals surface area contributed by atoms with Crippen LogP contribution in [0.4, 0.5) is 10.5 Å². The van der Waals surface area contributed by atoms with Crippen LogP contribution in [0.15, 0.2) is 27.8 Å². The average molecular weight is 495 g/mol. The number of carbonyl (C=O) groups is 2. The van der Waals surface area contributed by atoms with E-state index in [2.05, 4.69) is 38.1 Å². The van der Waals surface area contributed by atoms with Crippen molar-refractivity contribution >= 4 is 45.0 Å². The zero-order chi connectivity index (χ0) is 22.1. The minimum atomic E-state index is -0.891. The Morgan fingerprint density at radius 2 is 2.03 bits per heavy atom. The van der Waals surface area contributed by atoms with E-state index in [9.17, 15) is 14.7 Å². The van der Waals surface area contributed by atoms with Gasteiger partial charge in [0.05, 0.1) is 11.9 Å². The van der Waals surface area contributed by atoms with Crippen LogP contribution in [0.5, 0.6) is 0 Å². The van der Waals surface area contributed by atoms with E-state index < -0.39 is 11.6 Å². The minimum absolute atomic E-state index is 0.0811. The summed E-state index contributed by atoms with van der Waals surface area (Å²) < 4.78 is 0.652. The van der Waals surface area contributed by atoms with Gasteiger partial charge < -0.3 is 15.3 Å². The highest BCUT2D eigenvalue weighted by Gasteiger charge is 2.39. The smallest absolute Gasteiger partial charge is 0.407 e. The van der Waals surface area contributed by atoms with Gasteiger partial charge in [-0.3, -0.25) is 9.78 Å². The molecule has 162 valence electrons. The first-order valence-corrected chi connectivity index (χ1v) is 11.6. The summed E-state index contributed by atoms with van der Waals surface area (Å²) in [4.78, 5) is 34.6. The van der Waals surface area contributed by atoms with Crippen LogP contribution >= 0.6 is 27.3 Å². The summed E-state index contributed by atoms with van der Waals surface area (Å²) in [7, 11) is 0. The molecule has 2 aromatic heterocycles. The van der Waals surface area contributed by atoms with Crippen molar-refractivity contribution in [3.8, 4) is 0 Å². The monoisotopic (exact) mass is 494 g/mol. The van der Waals surface area contributed by atoms with Gasteiger partial charge in [-0.05, 0) is 79.4 Å². The number of halogens is 1. The lowest BCUT2D eigenvalue weighted by molar-refractivity contribution is 0.0449. The molecular formula is C21H27BrN4O3S. The molecule has 2 N–H and O–H groups in total. The average Bonchev–Trinajstić information content (AvgIpc) is 3.06. The van der Waals surface area contributed by atoms with Gasteiger partial charge in [0, 0.05) is 23.2 Å². The van der Waals surface area contributed by atoms with Crippen LogP contribution in [0.25, 0.3) is 0 Å². The van der Waals surface area contributed by atoms with Crippen molar-refractivity contribution in [2.24, 2.45) is 5.92 Å². The number of thiazole rings is 1. The van der Waals surface area contributed by atoms with Crippen molar-refractivity contribution < 1.29 is 14.7 Å². The molecule has 7 nitrogen and oxygen atoms in total. The molecule has 3 rings (SSSR count). The molecule has 0 saturated heterocycles. The van der Waals surface area contributed by atoms with E-state index in [0.29, 0.717) is 27.6 Å². The fourth-order valence-electron chi connectivity index (χ4n) is 4.43. The number of aromatic nitrogens is 2. The number of amides is 2. The number of hydrogen-bond donors (Lipinski definition) is 2. The maximum Gasteiger partial charge on any atom is 0.407 e. The number of nitrogens with zero attached hydrogens (tertiary/aromatic N) is 3. The van der Waals surface area contributed by atoms with Crippen molar-refractivity contribution in [2.75, 3.05) is 5.32 Å². The Hall–Kier alpha value is -2.00. The third kappa shape index (κ3) is 5.18. The summed E-state index contributed by atoms with van der Waals surface area (Å²) in [6.07, 6.45) is 4.96. The Morgan fingerprint density at radius 3 is 2.63 bits per heavy atom. The van der Waals surface area contributed by atoms with Crippen molar-refractivity contribution in [1.29, 1.82) is 0 Å². The Labute approximate surface area is 189 Å². The van der Waals surface area contributed by atoms with Crippen LogP contribution < -0.4 is 5.32 Å². The van der Waals surface area contributed by atoms with Crippen molar-refractivity contribution in [3.05, 3.63) is 39.0 Å². The van der Waals surface area contributed by atoms with Gasteiger partial charge in [0.2, 0.25) is 0 Å². The predicted octanol–water partition coefficient (Wildman–Crippen LogP) is 5.60. The van der Waals surface area contributed by atoms with E-state index >= 15 is 0 Å². The Morgan fingerprint density at radius 1 is 1.30 bits per heavy atom. The first-order chi connectivity index (χ1) is 14.1. The third-order valence-corrected chi connectivity index (χ3v) is 6.83. The Balaban J connectivity index is 1.86. The summed E-state index contributed by atoms with van der Waals surface area (Å²) in [5.74, 6) is 0.209. The highest BCUT2D eigenvalue weighted by molar-refractivity contribution is 9.11. The summed E-state index contributed by atoms with van der Waals surface area (Å²) in [6.45, 7) is 7.95. The van der Waals surface area contributed by atoms with Gasteiger partial charge in [0.15, 0.2) is 3.92 Å². The molecule has 2 heterocycles.